The van der Waals surface area contributed by atoms with Crippen molar-refractivity contribution in [2.45, 2.75) is 93.0 Å². The van der Waals surface area contributed by atoms with Crippen LogP contribution in [0.5, 0.6) is 0 Å². The maximum atomic E-state index is 12.5. The first-order valence-electron chi connectivity index (χ1n) is 8.80. The third-order valence-electron chi connectivity index (χ3n) is 4.65. The van der Waals surface area contributed by atoms with Crippen molar-refractivity contribution in [1.29, 1.82) is 0 Å². The van der Waals surface area contributed by atoms with Crippen LogP contribution in [0.2, 0.25) is 0 Å². The summed E-state index contributed by atoms with van der Waals surface area (Å²) in [5.74, 6) is 1.04. The molecule has 0 radical (unpaired) electrons. The van der Waals surface area contributed by atoms with Crippen molar-refractivity contribution in [2.24, 2.45) is 16.7 Å². The third kappa shape index (κ3) is 6.40. The van der Waals surface area contributed by atoms with Gasteiger partial charge in [0.1, 0.15) is 0 Å². The molecule has 0 N–H and O–H groups in total. The summed E-state index contributed by atoms with van der Waals surface area (Å²) in [6.07, 6.45) is 6.65. The third-order valence-corrected chi connectivity index (χ3v) is 4.65. The number of carbonyl (C=O) groups excluding carboxylic acids is 1. The van der Waals surface area contributed by atoms with Crippen LogP contribution in [-0.2, 0) is 4.79 Å². The van der Waals surface area contributed by atoms with Gasteiger partial charge in [-0.05, 0) is 36.0 Å². The van der Waals surface area contributed by atoms with Gasteiger partial charge in [0, 0.05) is 19.0 Å². The van der Waals surface area contributed by atoms with E-state index in [0.29, 0.717) is 23.3 Å². The number of rotatable bonds is 5. The van der Waals surface area contributed by atoms with Gasteiger partial charge in [-0.25, -0.2) is 0 Å². The van der Waals surface area contributed by atoms with Crippen molar-refractivity contribution in [2.75, 3.05) is 6.54 Å². The lowest BCUT2D eigenvalue weighted by molar-refractivity contribution is -0.134. The van der Waals surface area contributed by atoms with Crippen molar-refractivity contribution in [1.82, 2.24) is 4.90 Å². The largest absolute Gasteiger partial charge is 0.339 e. The minimum atomic E-state index is 0.201. The maximum absolute atomic E-state index is 12.5. The van der Waals surface area contributed by atoms with Crippen molar-refractivity contribution in [3.05, 3.63) is 0 Å². The Bertz CT molecular complexity index is 334. The van der Waals surface area contributed by atoms with Crippen molar-refractivity contribution in [3.63, 3.8) is 0 Å². The highest BCUT2D eigenvalue weighted by atomic mass is 16.2. The summed E-state index contributed by atoms with van der Waals surface area (Å²) < 4.78 is 0. The van der Waals surface area contributed by atoms with Gasteiger partial charge in [-0.15, -0.1) is 0 Å². The first-order valence-corrected chi connectivity index (χ1v) is 8.80. The lowest BCUT2D eigenvalue weighted by Gasteiger charge is -2.35. The van der Waals surface area contributed by atoms with E-state index in [1.54, 1.807) is 0 Å². The number of hydrogen-bond acceptors (Lipinski definition) is 1. The van der Waals surface area contributed by atoms with Crippen LogP contribution < -0.4 is 0 Å². The average molecular weight is 296 g/mol. The molecule has 1 aliphatic heterocycles. The van der Waals surface area contributed by atoms with Gasteiger partial charge in [-0.2, -0.15) is 0 Å². The van der Waals surface area contributed by atoms with Crippen molar-refractivity contribution >= 4 is 5.91 Å². The molecule has 1 heterocycles. The van der Waals surface area contributed by atoms with E-state index in [2.05, 4.69) is 53.4 Å². The molecule has 0 aliphatic carbocycles. The molecular weight excluding hydrogens is 258 g/mol. The molecule has 1 aliphatic rings. The molecule has 2 heteroatoms. The second-order valence-electron chi connectivity index (χ2n) is 9.39. The smallest absolute Gasteiger partial charge is 0.222 e. The van der Waals surface area contributed by atoms with Crippen LogP contribution >= 0.6 is 0 Å². The fourth-order valence-electron chi connectivity index (χ4n) is 3.39. The van der Waals surface area contributed by atoms with Crippen LogP contribution in [0, 0.1) is 16.7 Å². The van der Waals surface area contributed by atoms with Crippen LogP contribution in [-0.4, -0.2) is 23.4 Å². The summed E-state index contributed by atoms with van der Waals surface area (Å²) in [6, 6.07) is 0.426. The van der Waals surface area contributed by atoms with E-state index in [1.807, 2.05) is 0 Å². The van der Waals surface area contributed by atoms with Gasteiger partial charge in [0.25, 0.3) is 0 Å². The lowest BCUT2D eigenvalue weighted by Crippen LogP contribution is -2.43. The molecule has 2 atom stereocenters. The normalized spacial score (nSPS) is 23.7. The Morgan fingerprint density at radius 1 is 1.05 bits per heavy atom. The second kappa shape index (κ2) is 7.15. The van der Waals surface area contributed by atoms with E-state index in [-0.39, 0.29) is 5.41 Å². The molecule has 0 spiro atoms. The topological polar surface area (TPSA) is 20.3 Å². The Morgan fingerprint density at radius 2 is 1.67 bits per heavy atom. The van der Waals surface area contributed by atoms with E-state index in [1.165, 1.54) is 25.7 Å². The number of carbonyl (C=O) groups is 1. The molecule has 0 aromatic heterocycles. The van der Waals surface area contributed by atoms with Crippen LogP contribution in [0.15, 0.2) is 0 Å². The van der Waals surface area contributed by atoms with Crippen LogP contribution in [0.1, 0.15) is 87.0 Å². The molecule has 0 aromatic carbocycles. The summed E-state index contributed by atoms with van der Waals surface area (Å²) in [6.45, 7) is 16.9. The van der Waals surface area contributed by atoms with E-state index in [9.17, 15) is 4.79 Å². The molecule has 1 amide bonds. The zero-order valence-electron chi connectivity index (χ0n) is 15.5. The summed E-state index contributed by atoms with van der Waals surface area (Å²) >= 11 is 0. The molecule has 1 saturated heterocycles. The number of nitrogens with zero attached hydrogens (tertiary/aromatic N) is 1. The second-order valence-corrected chi connectivity index (χ2v) is 9.39. The van der Waals surface area contributed by atoms with Gasteiger partial charge < -0.3 is 4.90 Å². The summed E-state index contributed by atoms with van der Waals surface area (Å²) in [4.78, 5) is 14.7. The highest BCUT2D eigenvalue weighted by molar-refractivity contribution is 5.77. The Labute approximate surface area is 132 Å². The monoisotopic (exact) mass is 295 g/mol. The molecule has 0 unspecified atom stereocenters. The van der Waals surface area contributed by atoms with Gasteiger partial charge in [0.2, 0.25) is 5.91 Å². The summed E-state index contributed by atoms with van der Waals surface area (Å²) in [5.41, 5.74) is 0.623. The number of unbranched alkanes of at least 4 members (excludes halogenated alkanes) is 2. The molecule has 0 bridgehead atoms. The van der Waals surface area contributed by atoms with E-state index < -0.39 is 0 Å². The van der Waals surface area contributed by atoms with Crippen LogP contribution in [0.3, 0.4) is 0 Å². The first-order chi connectivity index (χ1) is 9.50. The molecular formula is C19H37NO. The van der Waals surface area contributed by atoms with E-state index in [4.69, 9.17) is 0 Å². The molecule has 0 saturated carbocycles. The highest BCUT2D eigenvalue weighted by Gasteiger charge is 2.39. The summed E-state index contributed by atoms with van der Waals surface area (Å²) in [5, 5.41) is 0. The summed E-state index contributed by atoms with van der Waals surface area (Å²) in [7, 11) is 0. The van der Waals surface area contributed by atoms with Crippen molar-refractivity contribution < 1.29 is 4.79 Å². The van der Waals surface area contributed by atoms with Gasteiger partial charge in [0.15, 0.2) is 0 Å². The fourth-order valence-corrected chi connectivity index (χ4v) is 3.39. The quantitative estimate of drug-likeness (QED) is 0.633. The molecule has 2 nitrogen and oxygen atoms in total. The minimum Gasteiger partial charge on any atom is -0.339 e. The van der Waals surface area contributed by atoms with Gasteiger partial charge in [0.05, 0.1) is 0 Å². The van der Waals surface area contributed by atoms with Gasteiger partial charge in [-0.1, -0.05) is 61.3 Å². The first kappa shape index (κ1) is 18.5. The van der Waals surface area contributed by atoms with Crippen LogP contribution in [0.25, 0.3) is 0 Å². The zero-order chi connectivity index (χ0) is 16.3. The number of amides is 1. The number of hydrogen-bond donors (Lipinski definition) is 0. The van der Waals surface area contributed by atoms with Gasteiger partial charge in [-0.3, -0.25) is 4.79 Å². The molecule has 1 rings (SSSR count). The standard InChI is InChI=1S/C19H37NO/c1-15-13-16(19(5,6)7)20(14-15)17(21)11-9-8-10-12-18(2,3)4/h15-16H,8-14H2,1-7H3/t15-,16+/m1/s1. The lowest BCUT2D eigenvalue weighted by atomic mass is 9.84. The predicted octanol–water partition coefficient (Wildman–Crippen LogP) is 5.27. The minimum absolute atomic E-state index is 0.201. The Hall–Kier alpha value is -0.530. The van der Waals surface area contributed by atoms with Crippen molar-refractivity contribution in [3.8, 4) is 0 Å². The molecule has 21 heavy (non-hydrogen) atoms. The number of likely N-dealkylation sites (tertiary alicyclic amines) is 1. The average Bonchev–Trinajstić information content (AvgIpc) is 2.69. The molecule has 1 fully saturated rings. The SMILES string of the molecule is C[C@@H]1C[C@@H](C(C)(C)C)N(C(=O)CCCCCC(C)(C)C)C1. The highest BCUT2D eigenvalue weighted by Crippen LogP contribution is 2.35. The van der Waals surface area contributed by atoms with Crippen LogP contribution in [0.4, 0.5) is 0 Å². The fraction of sp³-hybridized carbons (Fsp3) is 0.947. The predicted molar refractivity (Wildman–Crippen MR) is 91.3 cm³/mol. The zero-order valence-corrected chi connectivity index (χ0v) is 15.5. The Balaban J connectivity index is 2.37. The van der Waals surface area contributed by atoms with E-state index in [0.717, 1.165) is 19.4 Å². The van der Waals surface area contributed by atoms with E-state index >= 15 is 0 Å². The Morgan fingerprint density at radius 3 is 2.19 bits per heavy atom. The molecule has 0 aromatic rings. The molecule has 124 valence electrons. The maximum Gasteiger partial charge on any atom is 0.222 e. The van der Waals surface area contributed by atoms with Gasteiger partial charge >= 0.3 is 0 Å². The Kier molecular flexibility index (Phi) is 6.31.